The first-order valence-corrected chi connectivity index (χ1v) is 9.37. The van der Waals surface area contributed by atoms with E-state index >= 15 is 0 Å². The van der Waals surface area contributed by atoms with E-state index in [0.717, 1.165) is 51.1 Å². The summed E-state index contributed by atoms with van der Waals surface area (Å²) in [6, 6.07) is 0. The number of rotatable bonds is 5. The van der Waals surface area contributed by atoms with Crippen LogP contribution < -0.4 is 0 Å². The molecule has 2 aliphatic heterocycles. The third kappa shape index (κ3) is 3.34. The molecule has 2 saturated heterocycles. The molecule has 0 radical (unpaired) electrons. The fraction of sp³-hybridized carbons (Fsp3) is 1.00. The van der Waals surface area contributed by atoms with Gasteiger partial charge in [-0.3, -0.25) is 0 Å². The second-order valence-corrected chi connectivity index (χ2v) is 7.91. The zero-order valence-electron chi connectivity index (χ0n) is 12.6. The van der Waals surface area contributed by atoms with E-state index in [-0.39, 0.29) is 11.7 Å². The van der Waals surface area contributed by atoms with E-state index in [4.69, 9.17) is 9.47 Å². The van der Waals surface area contributed by atoms with Crippen LogP contribution in [0.5, 0.6) is 0 Å². The molecule has 116 valence electrons. The summed E-state index contributed by atoms with van der Waals surface area (Å²) in [4.78, 5) is 0. The lowest BCUT2D eigenvalue weighted by Gasteiger charge is -2.42. The topological polar surface area (TPSA) is 38.7 Å². The van der Waals surface area contributed by atoms with Crippen LogP contribution in [-0.4, -0.2) is 47.6 Å². The zero-order chi connectivity index (χ0) is 14.0. The Hall–Kier alpha value is 0.230. The van der Waals surface area contributed by atoms with Gasteiger partial charge < -0.3 is 14.6 Å². The minimum absolute atomic E-state index is 0.0992. The van der Waals surface area contributed by atoms with Gasteiger partial charge in [0.15, 0.2) is 0 Å². The van der Waals surface area contributed by atoms with Crippen molar-refractivity contribution in [2.24, 2.45) is 11.8 Å². The Kier molecular flexibility index (Phi) is 4.96. The Morgan fingerprint density at radius 1 is 1.45 bits per heavy atom. The highest BCUT2D eigenvalue weighted by molar-refractivity contribution is 7.99. The molecule has 1 N–H and O–H groups in total. The SMILES string of the molecule is CCOC1CC(CC(O)C2CCOC3(CCSC3)C2)C1. The molecule has 1 aliphatic carbocycles. The molecule has 0 aromatic rings. The summed E-state index contributed by atoms with van der Waals surface area (Å²) in [7, 11) is 0. The number of ether oxygens (including phenoxy) is 2. The molecule has 20 heavy (non-hydrogen) atoms. The second-order valence-electron chi connectivity index (χ2n) is 6.80. The molecule has 2 heterocycles. The van der Waals surface area contributed by atoms with Crippen LogP contribution in [0.25, 0.3) is 0 Å². The smallest absolute Gasteiger partial charge is 0.0783 e. The predicted octanol–water partition coefficient (Wildman–Crippen LogP) is 2.85. The van der Waals surface area contributed by atoms with Gasteiger partial charge in [-0.05, 0) is 63.0 Å². The molecule has 3 unspecified atom stereocenters. The third-order valence-corrected chi connectivity index (χ3v) is 6.54. The fourth-order valence-electron chi connectivity index (χ4n) is 4.03. The van der Waals surface area contributed by atoms with Crippen LogP contribution in [0.1, 0.15) is 45.4 Å². The quantitative estimate of drug-likeness (QED) is 0.847. The molecule has 3 aliphatic rings. The van der Waals surface area contributed by atoms with Crippen LogP contribution in [0.4, 0.5) is 0 Å². The van der Waals surface area contributed by atoms with E-state index < -0.39 is 0 Å². The number of thioether (sulfide) groups is 1. The highest BCUT2D eigenvalue weighted by Crippen LogP contribution is 2.43. The number of hydrogen-bond donors (Lipinski definition) is 1. The molecule has 3 nitrogen and oxygen atoms in total. The minimum Gasteiger partial charge on any atom is -0.393 e. The average molecular weight is 300 g/mol. The van der Waals surface area contributed by atoms with Gasteiger partial charge in [0.1, 0.15) is 0 Å². The van der Waals surface area contributed by atoms with Gasteiger partial charge in [-0.25, -0.2) is 0 Å². The summed E-state index contributed by atoms with van der Waals surface area (Å²) in [6.45, 7) is 3.72. The number of aliphatic hydroxyl groups is 1. The van der Waals surface area contributed by atoms with Crippen molar-refractivity contribution in [1.82, 2.24) is 0 Å². The summed E-state index contributed by atoms with van der Waals surface area (Å²) in [5.74, 6) is 3.49. The normalized spacial score (nSPS) is 42.6. The lowest BCUT2D eigenvalue weighted by molar-refractivity contribution is -0.109. The first kappa shape index (κ1) is 15.1. The van der Waals surface area contributed by atoms with Crippen molar-refractivity contribution in [2.45, 2.75) is 63.3 Å². The minimum atomic E-state index is -0.131. The largest absolute Gasteiger partial charge is 0.393 e. The maximum atomic E-state index is 10.6. The Morgan fingerprint density at radius 2 is 2.30 bits per heavy atom. The molecule has 3 atom stereocenters. The van der Waals surface area contributed by atoms with E-state index in [1.807, 2.05) is 11.8 Å². The summed E-state index contributed by atoms with van der Waals surface area (Å²) >= 11 is 2.01. The molecule has 4 heteroatoms. The van der Waals surface area contributed by atoms with Crippen molar-refractivity contribution >= 4 is 11.8 Å². The Labute approximate surface area is 126 Å². The second kappa shape index (κ2) is 6.55. The lowest BCUT2D eigenvalue weighted by Crippen LogP contribution is -2.44. The van der Waals surface area contributed by atoms with Crippen molar-refractivity contribution in [3.8, 4) is 0 Å². The van der Waals surface area contributed by atoms with E-state index in [1.165, 1.54) is 12.2 Å². The Bertz CT molecular complexity index is 311. The van der Waals surface area contributed by atoms with Gasteiger partial charge in [0, 0.05) is 19.0 Å². The predicted molar refractivity (Wildman–Crippen MR) is 82.1 cm³/mol. The van der Waals surface area contributed by atoms with Gasteiger partial charge in [0.05, 0.1) is 17.8 Å². The zero-order valence-corrected chi connectivity index (χ0v) is 13.4. The Morgan fingerprint density at radius 3 is 3.00 bits per heavy atom. The molecule has 0 aromatic carbocycles. The molecule has 3 rings (SSSR count). The van der Waals surface area contributed by atoms with E-state index in [2.05, 4.69) is 6.92 Å². The molecule has 0 amide bonds. The van der Waals surface area contributed by atoms with Gasteiger partial charge in [-0.2, -0.15) is 11.8 Å². The molecule has 3 fully saturated rings. The molecular weight excluding hydrogens is 272 g/mol. The van der Waals surface area contributed by atoms with Crippen LogP contribution in [0.15, 0.2) is 0 Å². The highest BCUT2D eigenvalue weighted by Gasteiger charge is 2.43. The van der Waals surface area contributed by atoms with Crippen molar-refractivity contribution in [1.29, 1.82) is 0 Å². The van der Waals surface area contributed by atoms with Crippen molar-refractivity contribution < 1.29 is 14.6 Å². The third-order valence-electron chi connectivity index (χ3n) is 5.31. The van der Waals surface area contributed by atoms with E-state index in [1.54, 1.807) is 0 Å². The van der Waals surface area contributed by atoms with Crippen molar-refractivity contribution in [3.05, 3.63) is 0 Å². The van der Waals surface area contributed by atoms with Gasteiger partial charge in [-0.1, -0.05) is 0 Å². The first-order chi connectivity index (χ1) is 9.71. The summed E-state index contributed by atoms with van der Waals surface area (Å²) in [5, 5.41) is 10.6. The monoisotopic (exact) mass is 300 g/mol. The van der Waals surface area contributed by atoms with Gasteiger partial charge in [-0.15, -0.1) is 0 Å². The summed E-state index contributed by atoms with van der Waals surface area (Å²) in [6.07, 6.45) is 6.88. The first-order valence-electron chi connectivity index (χ1n) is 8.22. The fourth-order valence-corrected chi connectivity index (χ4v) is 5.41. The standard InChI is InChI=1S/C16H28O3S/c1-2-18-14-7-12(8-14)9-15(17)13-3-5-19-16(10-13)4-6-20-11-16/h12-15,17H,2-11H2,1H3. The molecule has 1 saturated carbocycles. The maximum Gasteiger partial charge on any atom is 0.0783 e. The van der Waals surface area contributed by atoms with Crippen LogP contribution in [0, 0.1) is 11.8 Å². The maximum absolute atomic E-state index is 10.6. The van der Waals surface area contributed by atoms with Gasteiger partial charge >= 0.3 is 0 Å². The van der Waals surface area contributed by atoms with E-state index in [0.29, 0.717) is 17.9 Å². The molecule has 1 spiro atoms. The number of aliphatic hydroxyl groups excluding tert-OH is 1. The van der Waals surface area contributed by atoms with Crippen molar-refractivity contribution in [3.63, 3.8) is 0 Å². The van der Waals surface area contributed by atoms with E-state index in [9.17, 15) is 5.11 Å². The molecular formula is C16H28O3S. The van der Waals surface area contributed by atoms with Gasteiger partial charge in [0.2, 0.25) is 0 Å². The lowest BCUT2D eigenvalue weighted by atomic mass is 9.74. The van der Waals surface area contributed by atoms with Crippen LogP contribution in [0.3, 0.4) is 0 Å². The average Bonchev–Trinajstić information content (AvgIpc) is 2.84. The molecule has 0 aromatic heterocycles. The van der Waals surface area contributed by atoms with Gasteiger partial charge in [0.25, 0.3) is 0 Å². The van der Waals surface area contributed by atoms with Crippen LogP contribution in [-0.2, 0) is 9.47 Å². The summed E-state index contributed by atoms with van der Waals surface area (Å²) < 4.78 is 11.7. The highest BCUT2D eigenvalue weighted by atomic mass is 32.2. The number of hydrogen-bond acceptors (Lipinski definition) is 4. The van der Waals surface area contributed by atoms with Crippen LogP contribution in [0.2, 0.25) is 0 Å². The molecule has 0 bridgehead atoms. The van der Waals surface area contributed by atoms with Crippen molar-refractivity contribution in [2.75, 3.05) is 24.7 Å². The van der Waals surface area contributed by atoms with Crippen LogP contribution >= 0.6 is 11.8 Å². The summed E-state index contributed by atoms with van der Waals surface area (Å²) in [5.41, 5.74) is 0.0992. The Balaban J connectivity index is 1.44.